The predicted octanol–water partition coefficient (Wildman–Crippen LogP) is -1.73. The quantitative estimate of drug-likeness (QED) is 0.278. The Hall–Kier alpha value is 0.830. The Balaban J connectivity index is 0. The minimum Gasteiger partial charge on any atom is -0.748 e. The number of rotatable bonds is 11. The van der Waals surface area contributed by atoms with Gasteiger partial charge in [0.1, 0.15) is 0 Å². The maximum Gasteiger partial charge on any atom is 1.00 e. The van der Waals surface area contributed by atoms with Crippen LogP contribution in [0.5, 0.6) is 0 Å². The van der Waals surface area contributed by atoms with Crippen LogP contribution in [-0.4, -0.2) is 43.1 Å². The van der Waals surface area contributed by atoms with Crippen molar-refractivity contribution in [2.75, 3.05) is 19.0 Å². The summed E-state index contributed by atoms with van der Waals surface area (Å²) in [4.78, 5) is 0. The SMILES string of the molecule is CCCCCCCCOC(CO)CS(=O)(=O)[O-].[Na+]. The topological polar surface area (TPSA) is 86.7 Å². The molecule has 0 heterocycles. The molecule has 0 saturated carbocycles. The van der Waals surface area contributed by atoms with Crippen molar-refractivity contribution in [3.8, 4) is 0 Å². The Morgan fingerprint density at radius 2 is 1.72 bits per heavy atom. The fourth-order valence-corrected chi connectivity index (χ4v) is 2.17. The van der Waals surface area contributed by atoms with Crippen LogP contribution in [0.1, 0.15) is 45.4 Å². The molecule has 7 heteroatoms. The summed E-state index contributed by atoms with van der Waals surface area (Å²) in [6.45, 7) is 2.11. The van der Waals surface area contributed by atoms with Gasteiger partial charge in [0.2, 0.25) is 0 Å². The monoisotopic (exact) mass is 290 g/mol. The van der Waals surface area contributed by atoms with E-state index in [1.807, 2.05) is 0 Å². The molecular weight excluding hydrogens is 267 g/mol. The summed E-state index contributed by atoms with van der Waals surface area (Å²) in [7, 11) is -4.33. The summed E-state index contributed by atoms with van der Waals surface area (Å²) in [6, 6.07) is 0. The van der Waals surface area contributed by atoms with Gasteiger partial charge in [-0.15, -0.1) is 0 Å². The zero-order chi connectivity index (χ0) is 13.1. The van der Waals surface area contributed by atoms with Crippen molar-refractivity contribution in [2.45, 2.75) is 51.6 Å². The van der Waals surface area contributed by atoms with Crippen molar-refractivity contribution < 1.29 is 52.4 Å². The third-order valence-corrected chi connectivity index (χ3v) is 3.23. The predicted molar refractivity (Wildman–Crippen MR) is 64.8 cm³/mol. The van der Waals surface area contributed by atoms with E-state index in [1.165, 1.54) is 19.3 Å². The number of aliphatic hydroxyl groups excluding tert-OH is 1. The summed E-state index contributed by atoms with van der Waals surface area (Å²) in [5, 5.41) is 8.83. The first kappa shape index (κ1) is 21.1. The van der Waals surface area contributed by atoms with Crippen LogP contribution in [0.3, 0.4) is 0 Å². The smallest absolute Gasteiger partial charge is 0.748 e. The van der Waals surface area contributed by atoms with Crippen LogP contribution in [0.2, 0.25) is 0 Å². The maximum atomic E-state index is 10.5. The van der Waals surface area contributed by atoms with E-state index in [0.29, 0.717) is 6.61 Å². The molecule has 1 N–H and O–H groups in total. The van der Waals surface area contributed by atoms with Crippen molar-refractivity contribution in [3.63, 3.8) is 0 Å². The summed E-state index contributed by atoms with van der Waals surface area (Å²) in [6.07, 6.45) is 5.75. The molecule has 0 aromatic carbocycles. The van der Waals surface area contributed by atoms with E-state index in [9.17, 15) is 13.0 Å². The largest absolute Gasteiger partial charge is 1.00 e. The third kappa shape index (κ3) is 14.9. The van der Waals surface area contributed by atoms with Crippen molar-refractivity contribution in [3.05, 3.63) is 0 Å². The molecule has 0 aliphatic carbocycles. The molecule has 0 aromatic rings. The number of unbranched alkanes of at least 4 members (excludes halogenated alkanes) is 5. The number of aliphatic hydroxyl groups is 1. The van der Waals surface area contributed by atoms with Gasteiger partial charge in [0.15, 0.2) is 0 Å². The number of ether oxygens (including phenoxy) is 1. The molecule has 0 aliphatic rings. The van der Waals surface area contributed by atoms with Gasteiger partial charge in [-0.05, 0) is 6.42 Å². The van der Waals surface area contributed by atoms with Crippen molar-refractivity contribution >= 4 is 10.1 Å². The summed E-state index contributed by atoms with van der Waals surface area (Å²) >= 11 is 0. The first-order valence-electron chi connectivity index (χ1n) is 6.15. The van der Waals surface area contributed by atoms with E-state index >= 15 is 0 Å². The number of hydrogen-bond donors (Lipinski definition) is 1. The fraction of sp³-hybridized carbons (Fsp3) is 1.00. The summed E-state index contributed by atoms with van der Waals surface area (Å²) in [5.74, 6) is -0.653. The second-order valence-electron chi connectivity index (χ2n) is 4.17. The molecular formula is C11H23NaO5S. The zero-order valence-electron chi connectivity index (χ0n) is 11.4. The average molecular weight is 290 g/mol. The van der Waals surface area contributed by atoms with Crippen LogP contribution >= 0.6 is 0 Å². The molecule has 1 atom stereocenters. The van der Waals surface area contributed by atoms with Crippen molar-refractivity contribution in [2.24, 2.45) is 0 Å². The first-order valence-corrected chi connectivity index (χ1v) is 7.73. The van der Waals surface area contributed by atoms with Crippen LogP contribution < -0.4 is 29.6 Å². The molecule has 0 bridgehead atoms. The van der Waals surface area contributed by atoms with Gasteiger partial charge in [-0.2, -0.15) is 0 Å². The third-order valence-electron chi connectivity index (χ3n) is 2.45. The van der Waals surface area contributed by atoms with E-state index in [0.717, 1.165) is 19.3 Å². The second-order valence-corrected chi connectivity index (χ2v) is 5.62. The van der Waals surface area contributed by atoms with Gasteiger partial charge < -0.3 is 14.4 Å². The Labute approximate surface area is 132 Å². The summed E-state index contributed by atoms with van der Waals surface area (Å²) < 4.78 is 36.5. The molecule has 1 unspecified atom stereocenters. The Bertz CT molecular complexity index is 269. The molecule has 0 aromatic heterocycles. The first-order chi connectivity index (χ1) is 7.99. The number of hydrogen-bond acceptors (Lipinski definition) is 5. The molecule has 0 amide bonds. The van der Waals surface area contributed by atoms with Gasteiger partial charge in [-0.3, -0.25) is 0 Å². The average Bonchev–Trinajstić information content (AvgIpc) is 2.24. The zero-order valence-corrected chi connectivity index (χ0v) is 14.2. The van der Waals surface area contributed by atoms with Crippen LogP contribution in [0.25, 0.3) is 0 Å². The van der Waals surface area contributed by atoms with Crippen molar-refractivity contribution in [1.82, 2.24) is 0 Å². The van der Waals surface area contributed by atoms with Gasteiger partial charge >= 0.3 is 29.6 Å². The Morgan fingerprint density at radius 1 is 1.17 bits per heavy atom. The van der Waals surface area contributed by atoms with Gasteiger partial charge in [0.05, 0.1) is 28.6 Å². The molecule has 18 heavy (non-hydrogen) atoms. The van der Waals surface area contributed by atoms with Gasteiger partial charge in [-0.25, -0.2) is 8.42 Å². The molecule has 0 rings (SSSR count). The van der Waals surface area contributed by atoms with Gasteiger partial charge in [0.25, 0.3) is 0 Å². The van der Waals surface area contributed by atoms with Gasteiger partial charge in [0, 0.05) is 6.61 Å². The summed E-state index contributed by atoms with van der Waals surface area (Å²) in [5.41, 5.74) is 0. The minimum atomic E-state index is -4.33. The van der Waals surface area contributed by atoms with E-state index in [-0.39, 0.29) is 29.6 Å². The van der Waals surface area contributed by atoms with Crippen LogP contribution in [-0.2, 0) is 14.9 Å². The van der Waals surface area contributed by atoms with Crippen LogP contribution in [0.4, 0.5) is 0 Å². The standard InChI is InChI=1S/C11H24O5S.Na/c1-2-3-4-5-6-7-8-16-11(9-12)10-17(13,14)15;/h11-12H,2-10H2,1H3,(H,13,14,15);/q;+1/p-1. The molecule has 0 spiro atoms. The van der Waals surface area contributed by atoms with E-state index in [2.05, 4.69) is 6.92 Å². The molecule has 0 saturated heterocycles. The second kappa shape index (κ2) is 12.8. The maximum absolute atomic E-state index is 10.5. The van der Waals surface area contributed by atoms with E-state index in [1.54, 1.807) is 0 Å². The van der Waals surface area contributed by atoms with Gasteiger partial charge in [-0.1, -0.05) is 39.0 Å². The Morgan fingerprint density at radius 3 is 2.22 bits per heavy atom. The van der Waals surface area contributed by atoms with Crippen LogP contribution in [0, 0.1) is 0 Å². The van der Waals surface area contributed by atoms with E-state index < -0.39 is 28.6 Å². The van der Waals surface area contributed by atoms with E-state index in [4.69, 9.17) is 9.84 Å². The Kier molecular flexibility index (Phi) is 15.1. The minimum absolute atomic E-state index is 0. The molecule has 5 nitrogen and oxygen atoms in total. The van der Waals surface area contributed by atoms with Crippen LogP contribution in [0.15, 0.2) is 0 Å². The molecule has 104 valence electrons. The molecule has 0 fully saturated rings. The fourth-order valence-electron chi connectivity index (χ4n) is 1.51. The van der Waals surface area contributed by atoms with Crippen molar-refractivity contribution in [1.29, 1.82) is 0 Å². The molecule has 0 radical (unpaired) electrons. The molecule has 0 aliphatic heterocycles. The normalized spacial score (nSPS) is 13.1.